The van der Waals surface area contributed by atoms with Gasteiger partial charge < -0.3 is 15.1 Å². The molecule has 134 valence electrons. The predicted molar refractivity (Wildman–Crippen MR) is 107 cm³/mol. The summed E-state index contributed by atoms with van der Waals surface area (Å²) >= 11 is 5.86. The summed E-state index contributed by atoms with van der Waals surface area (Å²) in [6.45, 7) is 0.411. The summed E-state index contributed by atoms with van der Waals surface area (Å²) in [5, 5.41) is 6.30. The lowest BCUT2D eigenvalue weighted by atomic mass is 10.2. The number of carbonyl (C=O) groups is 1. The molecule has 1 heterocycles. The molecule has 3 aromatic carbocycles. The van der Waals surface area contributed by atoms with E-state index in [9.17, 15) is 4.79 Å². The van der Waals surface area contributed by atoms with Gasteiger partial charge in [0.25, 0.3) is 0 Å². The highest BCUT2D eigenvalue weighted by molar-refractivity contribution is 6.30. The van der Waals surface area contributed by atoms with E-state index in [0.717, 1.165) is 22.2 Å². The lowest BCUT2D eigenvalue weighted by Crippen LogP contribution is -2.28. The van der Waals surface area contributed by atoms with Crippen molar-refractivity contribution in [2.45, 2.75) is 6.54 Å². The molecule has 4 rings (SSSR count). The quantitative estimate of drug-likeness (QED) is 0.495. The number of amides is 2. The van der Waals surface area contributed by atoms with E-state index in [4.69, 9.17) is 16.0 Å². The first kappa shape index (κ1) is 17.1. The van der Waals surface area contributed by atoms with Crippen molar-refractivity contribution >= 4 is 34.4 Å². The molecule has 0 atom stereocenters. The third kappa shape index (κ3) is 4.10. The predicted octanol–water partition coefficient (Wildman–Crippen LogP) is 5.47. The SMILES string of the molecule is O=C(NCc1ccc(Cl)cc1)Nc1cccc(-c2nc3ccccc3o2)c1. The number of carbonyl (C=O) groups excluding carboxylic acids is 1. The first-order chi connectivity index (χ1) is 13.2. The van der Waals surface area contributed by atoms with E-state index < -0.39 is 0 Å². The fourth-order valence-electron chi connectivity index (χ4n) is 2.69. The minimum absolute atomic E-state index is 0.292. The van der Waals surface area contributed by atoms with E-state index in [-0.39, 0.29) is 6.03 Å². The van der Waals surface area contributed by atoms with Crippen LogP contribution in [0.1, 0.15) is 5.56 Å². The zero-order valence-electron chi connectivity index (χ0n) is 14.3. The molecule has 0 bridgehead atoms. The minimum Gasteiger partial charge on any atom is -0.436 e. The lowest BCUT2D eigenvalue weighted by molar-refractivity contribution is 0.251. The van der Waals surface area contributed by atoms with Crippen LogP contribution in [0.15, 0.2) is 77.2 Å². The molecular weight excluding hydrogens is 362 g/mol. The van der Waals surface area contributed by atoms with E-state index in [1.807, 2.05) is 60.7 Å². The molecule has 1 aromatic heterocycles. The maximum absolute atomic E-state index is 12.2. The highest BCUT2D eigenvalue weighted by Gasteiger charge is 2.09. The summed E-state index contributed by atoms with van der Waals surface area (Å²) in [6.07, 6.45) is 0. The Morgan fingerprint density at radius 1 is 1.00 bits per heavy atom. The van der Waals surface area contributed by atoms with Crippen LogP contribution in [0.3, 0.4) is 0 Å². The molecule has 0 aliphatic rings. The van der Waals surface area contributed by atoms with Gasteiger partial charge in [-0.25, -0.2) is 9.78 Å². The van der Waals surface area contributed by atoms with Gasteiger partial charge in [0, 0.05) is 22.8 Å². The Balaban J connectivity index is 1.44. The second kappa shape index (κ2) is 7.51. The van der Waals surface area contributed by atoms with Gasteiger partial charge >= 0.3 is 6.03 Å². The largest absolute Gasteiger partial charge is 0.436 e. The van der Waals surface area contributed by atoms with Crippen LogP contribution in [0.5, 0.6) is 0 Å². The Kier molecular flexibility index (Phi) is 4.77. The maximum atomic E-state index is 12.2. The number of rotatable bonds is 4. The fraction of sp³-hybridized carbons (Fsp3) is 0.0476. The number of nitrogens with zero attached hydrogens (tertiary/aromatic N) is 1. The number of para-hydroxylation sites is 2. The first-order valence-electron chi connectivity index (χ1n) is 8.43. The average Bonchev–Trinajstić information content (AvgIpc) is 3.12. The van der Waals surface area contributed by atoms with E-state index in [1.54, 1.807) is 12.1 Å². The van der Waals surface area contributed by atoms with Crippen molar-refractivity contribution in [1.29, 1.82) is 0 Å². The highest BCUT2D eigenvalue weighted by Crippen LogP contribution is 2.26. The Bertz CT molecular complexity index is 1060. The van der Waals surface area contributed by atoms with Crippen molar-refractivity contribution in [2.75, 3.05) is 5.32 Å². The zero-order valence-corrected chi connectivity index (χ0v) is 15.0. The second-order valence-corrected chi connectivity index (χ2v) is 6.44. The van der Waals surface area contributed by atoms with Crippen molar-refractivity contribution in [3.05, 3.63) is 83.4 Å². The first-order valence-corrected chi connectivity index (χ1v) is 8.80. The summed E-state index contributed by atoms with van der Waals surface area (Å²) < 4.78 is 5.78. The second-order valence-electron chi connectivity index (χ2n) is 6.00. The fourth-order valence-corrected chi connectivity index (χ4v) is 2.81. The molecule has 0 saturated carbocycles. The molecule has 0 unspecified atom stereocenters. The number of nitrogens with one attached hydrogen (secondary N) is 2. The summed E-state index contributed by atoms with van der Waals surface area (Å²) in [6, 6.07) is 22.0. The Morgan fingerprint density at radius 3 is 2.63 bits per heavy atom. The van der Waals surface area contributed by atoms with E-state index in [1.165, 1.54) is 0 Å². The van der Waals surface area contributed by atoms with Crippen molar-refractivity contribution in [1.82, 2.24) is 10.3 Å². The van der Waals surface area contributed by atoms with Gasteiger partial charge in [-0.15, -0.1) is 0 Å². The average molecular weight is 378 g/mol. The molecule has 2 amide bonds. The number of fused-ring (bicyclic) bond motifs is 1. The van der Waals surface area contributed by atoms with Gasteiger partial charge in [0.15, 0.2) is 5.58 Å². The topological polar surface area (TPSA) is 67.2 Å². The number of anilines is 1. The summed E-state index contributed by atoms with van der Waals surface area (Å²) in [7, 11) is 0. The number of aromatic nitrogens is 1. The van der Waals surface area contributed by atoms with Gasteiger partial charge in [0.2, 0.25) is 5.89 Å². The van der Waals surface area contributed by atoms with E-state index >= 15 is 0 Å². The Hall–Kier alpha value is -3.31. The van der Waals surface area contributed by atoms with E-state index in [2.05, 4.69) is 15.6 Å². The molecule has 0 saturated heterocycles. The Morgan fingerprint density at radius 2 is 1.81 bits per heavy atom. The molecule has 0 fully saturated rings. The van der Waals surface area contributed by atoms with Crippen molar-refractivity contribution in [3.8, 4) is 11.5 Å². The van der Waals surface area contributed by atoms with Crippen LogP contribution in [0, 0.1) is 0 Å². The maximum Gasteiger partial charge on any atom is 0.319 e. The molecule has 0 aliphatic heterocycles. The van der Waals surface area contributed by atoms with Gasteiger partial charge in [-0.3, -0.25) is 0 Å². The van der Waals surface area contributed by atoms with Crippen LogP contribution >= 0.6 is 11.6 Å². The molecule has 6 heteroatoms. The van der Waals surface area contributed by atoms with Crippen LogP contribution in [0.25, 0.3) is 22.6 Å². The molecular formula is C21H16ClN3O2. The van der Waals surface area contributed by atoms with Gasteiger partial charge in [0.1, 0.15) is 5.52 Å². The molecule has 2 N–H and O–H groups in total. The zero-order chi connectivity index (χ0) is 18.6. The summed E-state index contributed by atoms with van der Waals surface area (Å²) in [5.74, 6) is 0.515. The number of oxazole rings is 1. The number of hydrogen-bond donors (Lipinski definition) is 2. The summed E-state index contributed by atoms with van der Waals surface area (Å²) in [4.78, 5) is 16.6. The molecule has 4 aromatic rings. The smallest absolute Gasteiger partial charge is 0.319 e. The molecule has 0 aliphatic carbocycles. The van der Waals surface area contributed by atoms with Gasteiger partial charge in [-0.1, -0.05) is 41.9 Å². The van der Waals surface area contributed by atoms with Crippen LogP contribution in [-0.4, -0.2) is 11.0 Å². The molecule has 5 nitrogen and oxygen atoms in total. The van der Waals surface area contributed by atoms with Crippen molar-refractivity contribution in [2.24, 2.45) is 0 Å². The third-order valence-corrected chi connectivity index (χ3v) is 4.28. The van der Waals surface area contributed by atoms with Gasteiger partial charge in [0.05, 0.1) is 0 Å². The summed E-state index contributed by atoms with van der Waals surface area (Å²) in [5.41, 5.74) is 3.94. The monoisotopic (exact) mass is 377 g/mol. The third-order valence-electron chi connectivity index (χ3n) is 4.03. The molecule has 27 heavy (non-hydrogen) atoms. The highest BCUT2D eigenvalue weighted by atomic mass is 35.5. The Labute approximate surface area is 161 Å². The van der Waals surface area contributed by atoms with Gasteiger partial charge in [-0.05, 0) is 48.0 Å². The lowest BCUT2D eigenvalue weighted by Gasteiger charge is -2.08. The van der Waals surface area contributed by atoms with Crippen LogP contribution < -0.4 is 10.6 Å². The molecule has 0 radical (unpaired) electrons. The minimum atomic E-state index is -0.292. The van der Waals surface area contributed by atoms with Gasteiger partial charge in [-0.2, -0.15) is 0 Å². The van der Waals surface area contributed by atoms with E-state index in [0.29, 0.717) is 23.1 Å². The van der Waals surface area contributed by atoms with Crippen molar-refractivity contribution in [3.63, 3.8) is 0 Å². The molecule has 0 spiro atoms. The number of halogens is 1. The number of urea groups is 1. The number of benzene rings is 3. The number of hydrogen-bond acceptors (Lipinski definition) is 3. The van der Waals surface area contributed by atoms with Crippen molar-refractivity contribution < 1.29 is 9.21 Å². The standard InChI is InChI=1S/C21H16ClN3O2/c22-16-10-8-14(9-11-16)13-23-21(26)24-17-5-3-4-15(12-17)20-25-18-6-1-2-7-19(18)27-20/h1-12H,13H2,(H2,23,24,26). The van der Waals surface area contributed by atoms with Crippen LogP contribution in [0.2, 0.25) is 5.02 Å². The van der Waals surface area contributed by atoms with Crippen LogP contribution in [-0.2, 0) is 6.54 Å². The normalized spacial score (nSPS) is 10.7. The van der Waals surface area contributed by atoms with Crippen LogP contribution in [0.4, 0.5) is 10.5 Å².